The lowest BCUT2D eigenvalue weighted by Crippen LogP contribution is -2.15. The average Bonchev–Trinajstić information content (AvgIpc) is 2.94. The van der Waals surface area contributed by atoms with Gasteiger partial charge in [0.1, 0.15) is 0 Å². The van der Waals surface area contributed by atoms with Crippen molar-refractivity contribution >= 4 is 35.5 Å². The third-order valence-corrected chi connectivity index (χ3v) is 10.3. The van der Waals surface area contributed by atoms with E-state index in [1.807, 2.05) is 11.8 Å². The number of rotatable bonds is 23. The van der Waals surface area contributed by atoms with E-state index in [0.717, 1.165) is 37.9 Å². The molecule has 0 aliphatic rings. The van der Waals surface area contributed by atoms with Crippen LogP contribution in [0, 0.1) is 5.41 Å². The van der Waals surface area contributed by atoms with Crippen molar-refractivity contribution in [1.29, 1.82) is 0 Å². The smallest absolute Gasteiger partial charge is 0.338 e. The predicted octanol–water partition coefficient (Wildman–Crippen LogP) is 9.99. The number of unbranched alkanes of at least 4 members (excludes halogenated alkanes) is 4. The highest BCUT2D eigenvalue weighted by molar-refractivity contribution is 8.00. The molecule has 0 aliphatic heterocycles. The summed E-state index contributed by atoms with van der Waals surface area (Å²) < 4.78 is 11.3. The van der Waals surface area contributed by atoms with E-state index < -0.39 is 0 Å². The van der Waals surface area contributed by atoms with Crippen molar-refractivity contribution in [3.63, 3.8) is 0 Å². The summed E-state index contributed by atoms with van der Waals surface area (Å²) in [4.78, 5) is 24.6. The van der Waals surface area contributed by atoms with Gasteiger partial charge in [0.15, 0.2) is 0 Å². The van der Waals surface area contributed by atoms with E-state index in [0.29, 0.717) is 34.5 Å². The molecule has 0 unspecified atom stereocenters. The number of thioether (sulfide) groups is 2. The molecule has 0 aromatic heterocycles. The summed E-state index contributed by atoms with van der Waals surface area (Å²) in [5, 5.41) is 0. The van der Waals surface area contributed by atoms with Gasteiger partial charge < -0.3 is 9.47 Å². The molecule has 4 nitrogen and oxygen atoms in total. The van der Waals surface area contributed by atoms with E-state index in [9.17, 15) is 9.59 Å². The van der Waals surface area contributed by atoms with E-state index in [1.165, 1.54) is 56.5 Å². The number of carbonyl (C=O) groups excluding carboxylic acids is 2. The van der Waals surface area contributed by atoms with Crippen LogP contribution in [0.5, 0.6) is 0 Å². The van der Waals surface area contributed by atoms with Crippen molar-refractivity contribution in [2.24, 2.45) is 5.41 Å². The van der Waals surface area contributed by atoms with E-state index in [4.69, 9.17) is 9.47 Å². The van der Waals surface area contributed by atoms with E-state index in [2.05, 4.69) is 53.3 Å². The minimum absolute atomic E-state index is 0.317. The van der Waals surface area contributed by atoms with Crippen molar-refractivity contribution in [3.05, 3.63) is 35.4 Å². The summed E-state index contributed by atoms with van der Waals surface area (Å²) >= 11 is 4.08. The highest BCUT2D eigenvalue weighted by Crippen LogP contribution is 2.31. The molecule has 1 aromatic carbocycles. The van der Waals surface area contributed by atoms with Gasteiger partial charge in [0.05, 0.1) is 24.3 Å². The Hall–Kier alpha value is -1.14. The predicted molar refractivity (Wildman–Crippen MR) is 171 cm³/mol. The molecule has 0 N–H and O–H groups in total. The molecule has 0 amide bonds. The summed E-state index contributed by atoms with van der Waals surface area (Å²) in [6.45, 7) is 14.6. The normalized spacial score (nSPS) is 11.9. The van der Waals surface area contributed by atoms with Gasteiger partial charge in [-0.2, -0.15) is 23.5 Å². The summed E-state index contributed by atoms with van der Waals surface area (Å²) in [6, 6.07) is 6.57. The van der Waals surface area contributed by atoms with Crippen LogP contribution in [0.1, 0.15) is 139 Å². The summed E-state index contributed by atoms with van der Waals surface area (Å²) in [5.74, 6) is 2.78. The minimum atomic E-state index is -0.341. The molecule has 0 fully saturated rings. The van der Waals surface area contributed by atoms with Gasteiger partial charge in [0.25, 0.3) is 0 Å². The van der Waals surface area contributed by atoms with Crippen molar-refractivity contribution in [1.82, 2.24) is 0 Å². The number of hydrogen-bond donors (Lipinski definition) is 0. The SMILES string of the molecule is CCCCC(C)(C)SCCCCCCSCCCOC(=O)c1ccc(C(=O)OCCCC(C)(CC)CC)cc1. The molecule has 1 aromatic rings. The van der Waals surface area contributed by atoms with Gasteiger partial charge in [-0.15, -0.1) is 0 Å². The van der Waals surface area contributed by atoms with Gasteiger partial charge >= 0.3 is 11.9 Å². The molecule has 0 saturated heterocycles. The first-order valence-electron chi connectivity index (χ1n) is 15.3. The molecule has 6 heteroatoms. The molecule has 224 valence electrons. The third-order valence-electron chi connectivity index (χ3n) is 7.70. The first-order valence-corrected chi connectivity index (χ1v) is 17.5. The Bertz CT molecular complexity index is 787. The molecule has 39 heavy (non-hydrogen) atoms. The van der Waals surface area contributed by atoms with Crippen molar-refractivity contribution in [2.45, 2.75) is 123 Å². The Labute approximate surface area is 248 Å². The maximum absolute atomic E-state index is 12.3. The maximum Gasteiger partial charge on any atom is 0.338 e. The Balaban J connectivity index is 2.09. The van der Waals surface area contributed by atoms with Crippen LogP contribution >= 0.6 is 23.5 Å². The van der Waals surface area contributed by atoms with Crippen LogP contribution in [0.25, 0.3) is 0 Å². The van der Waals surface area contributed by atoms with Crippen LogP contribution in [0.4, 0.5) is 0 Å². The molecule has 0 atom stereocenters. The van der Waals surface area contributed by atoms with Crippen LogP contribution in [0.3, 0.4) is 0 Å². The Morgan fingerprint density at radius 1 is 0.667 bits per heavy atom. The molecule has 0 heterocycles. The lowest BCUT2D eigenvalue weighted by Gasteiger charge is -2.26. The zero-order chi connectivity index (χ0) is 29.0. The average molecular weight is 581 g/mol. The van der Waals surface area contributed by atoms with Gasteiger partial charge in [-0.1, -0.05) is 80.1 Å². The first-order chi connectivity index (χ1) is 18.7. The fourth-order valence-corrected chi connectivity index (χ4v) is 6.41. The summed E-state index contributed by atoms with van der Waals surface area (Å²) in [5.41, 5.74) is 1.25. The van der Waals surface area contributed by atoms with Crippen LogP contribution in [0.2, 0.25) is 0 Å². The van der Waals surface area contributed by atoms with Crippen LogP contribution in [-0.4, -0.2) is 47.2 Å². The van der Waals surface area contributed by atoms with Gasteiger partial charge in [-0.05, 0) is 85.5 Å². The molecular formula is C33H56O4S2. The molecule has 0 radical (unpaired) electrons. The zero-order valence-electron chi connectivity index (χ0n) is 25.8. The highest BCUT2D eigenvalue weighted by atomic mass is 32.2. The van der Waals surface area contributed by atoms with Gasteiger partial charge in [-0.25, -0.2) is 9.59 Å². The molecular weight excluding hydrogens is 524 g/mol. The fourth-order valence-electron chi connectivity index (χ4n) is 4.29. The van der Waals surface area contributed by atoms with Crippen LogP contribution in [-0.2, 0) is 9.47 Å². The first kappa shape index (κ1) is 35.9. The lowest BCUT2D eigenvalue weighted by molar-refractivity contribution is 0.0476. The van der Waals surface area contributed by atoms with Gasteiger partial charge in [-0.3, -0.25) is 0 Å². The quantitative estimate of drug-likeness (QED) is 0.0948. The van der Waals surface area contributed by atoms with E-state index in [1.54, 1.807) is 24.3 Å². The number of esters is 2. The second kappa shape index (κ2) is 20.7. The third kappa shape index (κ3) is 16.7. The van der Waals surface area contributed by atoms with Crippen molar-refractivity contribution < 1.29 is 19.1 Å². The summed E-state index contributed by atoms with van der Waals surface area (Å²) in [6.07, 6.45) is 14.2. The minimum Gasteiger partial charge on any atom is -0.462 e. The lowest BCUT2D eigenvalue weighted by atomic mass is 9.80. The standard InChI is InChI=1S/C33H56O4S2/c1-7-10-21-32(4,5)39-27-14-12-11-13-25-38-26-16-24-37-31(35)29-19-17-28(18-20-29)30(34)36-23-15-22-33(6,8-2)9-3/h17-20H,7-16,21-27H2,1-6H3. The van der Waals surface area contributed by atoms with Gasteiger partial charge in [0, 0.05) is 4.75 Å². The molecule has 1 rings (SSSR count). The number of carbonyl (C=O) groups is 2. The number of benzene rings is 1. The van der Waals surface area contributed by atoms with Crippen molar-refractivity contribution in [2.75, 3.05) is 30.5 Å². The van der Waals surface area contributed by atoms with Gasteiger partial charge in [0.2, 0.25) is 0 Å². The molecule has 0 aliphatic carbocycles. The molecule has 0 spiro atoms. The topological polar surface area (TPSA) is 52.6 Å². The fraction of sp³-hybridized carbons (Fsp3) is 0.758. The Kier molecular flexibility index (Phi) is 19.0. The van der Waals surface area contributed by atoms with E-state index in [-0.39, 0.29) is 11.9 Å². The second-order valence-corrected chi connectivity index (χ2v) is 14.6. The van der Waals surface area contributed by atoms with Crippen molar-refractivity contribution in [3.8, 4) is 0 Å². The summed E-state index contributed by atoms with van der Waals surface area (Å²) in [7, 11) is 0. The largest absolute Gasteiger partial charge is 0.462 e. The molecule has 0 bridgehead atoms. The van der Waals surface area contributed by atoms with Crippen LogP contribution in [0.15, 0.2) is 24.3 Å². The zero-order valence-corrected chi connectivity index (χ0v) is 27.4. The monoisotopic (exact) mass is 580 g/mol. The number of hydrogen-bond acceptors (Lipinski definition) is 6. The number of ether oxygens (including phenoxy) is 2. The second-order valence-electron chi connectivity index (χ2n) is 11.6. The Morgan fingerprint density at radius 2 is 1.18 bits per heavy atom. The van der Waals surface area contributed by atoms with Crippen LogP contribution < -0.4 is 0 Å². The Morgan fingerprint density at radius 3 is 1.72 bits per heavy atom. The maximum atomic E-state index is 12.3. The molecule has 0 saturated carbocycles. The van der Waals surface area contributed by atoms with E-state index >= 15 is 0 Å². The highest BCUT2D eigenvalue weighted by Gasteiger charge is 2.19.